The summed E-state index contributed by atoms with van der Waals surface area (Å²) < 4.78 is 1.70. The van der Waals surface area contributed by atoms with Crippen LogP contribution in [0.15, 0.2) is 23.0 Å². The van der Waals surface area contributed by atoms with E-state index in [9.17, 15) is 4.79 Å². The third-order valence-electron chi connectivity index (χ3n) is 3.77. The van der Waals surface area contributed by atoms with Crippen LogP contribution in [0.3, 0.4) is 0 Å². The van der Waals surface area contributed by atoms with Crippen LogP contribution in [0.2, 0.25) is 0 Å². The molecule has 2 heterocycles. The lowest BCUT2D eigenvalue weighted by molar-refractivity contribution is 0.783. The normalized spacial score (nSPS) is 11.8. The highest BCUT2D eigenvalue weighted by Gasteiger charge is 2.16. The molecule has 3 rings (SSSR count). The molecule has 0 bridgehead atoms. The van der Waals surface area contributed by atoms with Crippen LogP contribution in [0.5, 0.6) is 0 Å². The third kappa shape index (κ3) is 1.75. The lowest BCUT2D eigenvalue weighted by atomic mass is 10.0. The Morgan fingerprint density at radius 1 is 1.35 bits per heavy atom. The van der Waals surface area contributed by atoms with Gasteiger partial charge in [-0.3, -0.25) is 4.79 Å². The van der Waals surface area contributed by atoms with E-state index in [-0.39, 0.29) is 11.5 Å². The average Bonchev–Trinajstić information content (AvgIpc) is 2.76. The summed E-state index contributed by atoms with van der Waals surface area (Å²) in [6.45, 7) is 8.23. The van der Waals surface area contributed by atoms with E-state index in [1.165, 1.54) is 0 Å². The maximum atomic E-state index is 12.8. The van der Waals surface area contributed by atoms with Crippen LogP contribution in [-0.2, 0) is 6.42 Å². The van der Waals surface area contributed by atoms with Gasteiger partial charge in [-0.2, -0.15) is 0 Å². The fraction of sp³-hybridized carbons (Fsp3) is 0.375. The summed E-state index contributed by atoms with van der Waals surface area (Å²) in [5.41, 5.74) is 4.77. The molecule has 0 saturated heterocycles. The van der Waals surface area contributed by atoms with Crippen molar-refractivity contribution in [3.63, 3.8) is 0 Å². The van der Waals surface area contributed by atoms with Crippen molar-refractivity contribution in [3.05, 3.63) is 45.4 Å². The number of imidazole rings is 1. The van der Waals surface area contributed by atoms with Gasteiger partial charge in [-0.05, 0) is 37.0 Å². The van der Waals surface area contributed by atoms with E-state index in [0.29, 0.717) is 5.78 Å². The highest BCUT2D eigenvalue weighted by molar-refractivity contribution is 5.80. The number of hydrogen-bond acceptors (Lipinski definition) is 2. The summed E-state index contributed by atoms with van der Waals surface area (Å²) in [5, 5.41) is 0. The number of fused-ring (bicyclic) bond motifs is 3. The third-order valence-corrected chi connectivity index (χ3v) is 3.77. The molecule has 104 valence electrons. The van der Waals surface area contributed by atoms with Crippen molar-refractivity contribution in [1.82, 2.24) is 14.4 Å². The smallest absolute Gasteiger partial charge is 0.262 e. The number of rotatable bonds is 2. The molecule has 0 spiro atoms. The molecule has 2 aromatic heterocycles. The van der Waals surface area contributed by atoms with E-state index >= 15 is 0 Å². The van der Waals surface area contributed by atoms with E-state index in [1.54, 1.807) is 4.40 Å². The van der Waals surface area contributed by atoms with E-state index in [2.05, 4.69) is 23.8 Å². The highest BCUT2D eigenvalue weighted by atomic mass is 16.1. The Labute approximate surface area is 117 Å². The van der Waals surface area contributed by atoms with Crippen LogP contribution in [-0.4, -0.2) is 14.4 Å². The Balaban J connectivity index is 2.52. The van der Waals surface area contributed by atoms with Crippen molar-refractivity contribution in [1.29, 1.82) is 0 Å². The maximum absolute atomic E-state index is 12.8. The summed E-state index contributed by atoms with van der Waals surface area (Å²) >= 11 is 0. The minimum Gasteiger partial charge on any atom is -0.328 e. The Hall–Kier alpha value is -2.10. The Kier molecular flexibility index (Phi) is 2.89. The zero-order chi connectivity index (χ0) is 14.4. The zero-order valence-electron chi connectivity index (χ0n) is 12.3. The first-order valence-electron chi connectivity index (χ1n) is 7.06. The number of nitrogens with zero attached hydrogens (tertiary/aromatic N) is 2. The van der Waals surface area contributed by atoms with Crippen LogP contribution in [0.25, 0.3) is 16.8 Å². The summed E-state index contributed by atoms with van der Waals surface area (Å²) in [4.78, 5) is 20.7. The molecule has 0 aliphatic heterocycles. The van der Waals surface area contributed by atoms with Gasteiger partial charge < -0.3 is 4.98 Å². The molecular weight excluding hydrogens is 250 g/mol. The van der Waals surface area contributed by atoms with Crippen LogP contribution >= 0.6 is 0 Å². The van der Waals surface area contributed by atoms with Gasteiger partial charge in [0.2, 0.25) is 5.78 Å². The van der Waals surface area contributed by atoms with Crippen LogP contribution in [0.4, 0.5) is 0 Å². The van der Waals surface area contributed by atoms with Gasteiger partial charge in [0.1, 0.15) is 0 Å². The van der Waals surface area contributed by atoms with Crippen LogP contribution in [0, 0.1) is 6.92 Å². The first kappa shape index (κ1) is 12.9. The molecule has 4 heteroatoms. The lowest BCUT2D eigenvalue weighted by Crippen LogP contribution is -2.22. The summed E-state index contributed by atoms with van der Waals surface area (Å²) in [6, 6.07) is 5.99. The fourth-order valence-electron chi connectivity index (χ4n) is 2.76. The molecule has 3 aromatic rings. The molecule has 0 amide bonds. The molecule has 0 aliphatic carbocycles. The summed E-state index contributed by atoms with van der Waals surface area (Å²) in [5.74, 6) is 0.917. The van der Waals surface area contributed by atoms with E-state index in [0.717, 1.165) is 34.3 Å². The summed E-state index contributed by atoms with van der Waals surface area (Å²) in [7, 11) is 0. The van der Waals surface area contributed by atoms with Gasteiger partial charge in [-0.1, -0.05) is 26.8 Å². The molecule has 1 aromatic carbocycles. The quantitative estimate of drug-likeness (QED) is 0.777. The number of benzene rings is 1. The fourth-order valence-corrected chi connectivity index (χ4v) is 2.76. The van der Waals surface area contributed by atoms with Crippen molar-refractivity contribution in [2.45, 2.75) is 40.0 Å². The predicted octanol–water partition coefficient (Wildman–Crippen LogP) is 3.17. The van der Waals surface area contributed by atoms with Gasteiger partial charge >= 0.3 is 0 Å². The molecular formula is C16H19N3O. The second-order valence-electron chi connectivity index (χ2n) is 5.59. The SMILES string of the molecule is CCc1c(C(C)C)[nH]c2nc3ccc(C)cc3n2c1=O. The molecule has 0 fully saturated rings. The molecule has 1 N–H and O–H groups in total. The Bertz CT molecular complexity index is 855. The highest BCUT2D eigenvalue weighted by Crippen LogP contribution is 2.20. The van der Waals surface area contributed by atoms with Crippen molar-refractivity contribution in [3.8, 4) is 0 Å². The number of aryl methyl sites for hydroxylation is 1. The minimum atomic E-state index is 0.0538. The number of aromatic nitrogens is 3. The van der Waals surface area contributed by atoms with Crippen molar-refractivity contribution >= 4 is 16.8 Å². The second-order valence-corrected chi connectivity index (χ2v) is 5.59. The lowest BCUT2D eigenvalue weighted by Gasteiger charge is -2.11. The average molecular weight is 269 g/mol. The van der Waals surface area contributed by atoms with Crippen molar-refractivity contribution in [2.24, 2.45) is 0 Å². The standard InChI is InChI=1S/C16H19N3O/c1-5-11-14(9(2)3)18-16-17-12-7-6-10(4)8-13(12)19(16)15(11)20/h6-9H,5H2,1-4H3,(H,17,18). The molecule has 20 heavy (non-hydrogen) atoms. The molecule has 0 atom stereocenters. The number of nitrogens with one attached hydrogen (secondary N) is 1. The van der Waals surface area contributed by atoms with Crippen LogP contribution in [0.1, 0.15) is 43.5 Å². The van der Waals surface area contributed by atoms with Gasteiger partial charge in [0.25, 0.3) is 5.56 Å². The van der Waals surface area contributed by atoms with Gasteiger partial charge in [-0.15, -0.1) is 0 Å². The summed E-state index contributed by atoms with van der Waals surface area (Å²) in [6.07, 6.45) is 0.726. The minimum absolute atomic E-state index is 0.0538. The van der Waals surface area contributed by atoms with Crippen LogP contribution < -0.4 is 5.56 Å². The van der Waals surface area contributed by atoms with Gasteiger partial charge in [0.05, 0.1) is 11.0 Å². The molecule has 0 radical (unpaired) electrons. The Morgan fingerprint density at radius 3 is 2.75 bits per heavy atom. The van der Waals surface area contributed by atoms with Gasteiger partial charge in [-0.25, -0.2) is 9.38 Å². The first-order valence-corrected chi connectivity index (χ1v) is 7.06. The predicted molar refractivity (Wildman–Crippen MR) is 81.5 cm³/mol. The molecule has 4 nitrogen and oxygen atoms in total. The van der Waals surface area contributed by atoms with Gasteiger partial charge in [0, 0.05) is 11.3 Å². The van der Waals surface area contributed by atoms with E-state index < -0.39 is 0 Å². The molecule has 0 unspecified atom stereocenters. The maximum Gasteiger partial charge on any atom is 0.262 e. The van der Waals surface area contributed by atoms with Crippen molar-refractivity contribution in [2.75, 3.05) is 0 Å². The molecule has 0 saturated carbocycles. The second kappa shape index (κ2) is 4.47. The zero-order valence-corrected chi connectivity index (χ0v) is 12.3. The monoisotopic (exact) mass is 269 g/mol. The van der Waals surface area contributed by atoms with E-state index in [4.69, 9.17) is 0 Å². The number of hydrogen-bond donors (Lipinski definition) is 1. The van der Waals surface area contributed by atoms with Crippen molar-refractivity contribution < 1.29 is 0 Å². The number of aromatic amines is 1. The first-order chi connectivity index (χ1) is 9.52. The van der Waals surface area contributed by atoms with E-state index in [1.807, 2.05) is 32.0 Å². The largest absolute Gasteiger partial charge is 0.328 e. The van der Waals surface area contributed by atoms with Gasteiger partial charge in [0.15, 0.2) is 0 Å². The molecule has 0 aliphatic rings. The number of H-pyrrole nitrogens is 1. The topological polar surface area (TPSA) is 50.2 Å². The Morgan fingerprint density at radius 2 is 2.10 bits per heavy atom.